The summed E-state index contributed by atoms with van der Waals surface area (Å²) in [6.45, 7) is 1.56. The lowest BCUT2D eigenvalue weighted by atomic mass is 10.1. The number of benzene rings is 1. The van der Waals surface area contributed by atoms with Crippen LogP contribution in [0, 0.1) is 21.4 Å². The predicted octanol–water partition coefficient (Wildman–Crippen LogP) is 1.12. The SMILES string of the molecule is CNCCN(C)c1ccc([N+](=O)[O-])c(C#N)c1. The van der Waals surface area contributed by atoms with Gasteiger partial charge >= 0.3 is 0 Å². The number of hydrogen-bond acceptors (Lipinski definition) is 5. The fraction of sp³-hybridized carbons (Fsp3) is 0.364. The molecule has 0 saturated carbocycles. The number of nitrogens with zero attached hydrogens (tertiary/aromatic N) is 3. The molecule has 0 aromatic heterocycles. The van der Waals surface area contributed by atoms with Gasteiger partial charge in [-0.25, -0.2) is 0 Å². The standard InChI is InChI=1S/C11H14N4O2/c1-13-5-6-14(2)10-3-4-11(15(16)17)9(7-10)8-12/h3-4,7,13H,5-6H2,1-2H3. The Hall–Kier alpha value is -2.13. The van der Waals surface area contributed by atoms with Crippen molar-refractivity contribution < 1.29 is 4.92 Å². The molecule has 0 saturated heterocycles. The molecule has 0 spiro atoms. The van der Waals surface area contributed by atoms with Gasteiger partial charge in [0.05, 0.1) is 4.92 Å². The maximum Gasteiger partial charge on any atom is 0.287 e. The summed E-state index contributed by atoms with van der Waals surface area (Å²) in [6, 6.07) is 6.39. The molecule has 0 bridgehead atoms. The highest BCUT2D eigenvalue weighted by atomic mass is 16.6. The van der Waals surface area contributed by atoms with E-state index in [9.17, 15) is 10.1 Å². The molecular weight excluding hydrogens is 220 g/mol. The number of nitro groups is 1. The van der Waals surface area contributed by atoms with Gasteiger partial charge < -0.3 is 10.2 Å². The molecule has 0 fully saturated rings. The molecule has 90 valence electrons. The summed E-state index contributed by atoms with van der Waals surface area (Å²) in [5.74, 6) is 0. The summed E-state index contributed by atoms with van der Waals surface area (Å²) >= 11 is 0. The van der Waals surface area contributed by atoms with Crippen molar-refractivity contribution in [1.29, 1.82) is 5.26 Å². The van der Waals surface area contributed by atoms with Crippen LogP contribution in [-0.2, 0) is 0 Å². The van der Waals surface area contributed by atoms with Crippen molar-refractivity contribution in [2.45, 2.75) is 0 Å². The van der Waals surface area contributed by atoms with Crippen molar-refractivity contribution in [1.82, 2.24) is 5.32 Å². The van der Waals surface area contributed by atoms with Gasteiger partial charge in [0, 0.05) is 31.9 Å². The zero-order chi connectivity index (χ0) is 12.8. The van der Waals surface area contributed by atoms with E-state index in [4.69, 9.17) is 5.26 Å². The number of nitrogens with one attached hydrogen (secondary N) is 1. The number of anilines is 1. The second-order valence-electron chi connectivity index (χ2n) is 3.60. The summed E-state index contributed by atoms with van der Waals surface area (Å²) in [6.07, 6.45) is 0. The van der Waals surface area contributed by atoms with Crippen LogP contribution in [0.25, 0.3) is 0 Å². The average Bonchev–Trinajstić information content (AvgIpc) is 2.34. The average molecular weight is 234 g/mol. The van der Waals surface area contributed by atoms with Gasteiger partial charge in [0.1, 0.15) is 11.6 Å². The van der Waals surface area contributed by atoms with Gasteiger partial charge in [0.25, 0.3) is 5.69 Å². The Morgan fingerprint density at radius 1 is 1.59 bits per heavy atom. The van der Waals surface area contributed by atoms with Crippen LogP contribution in [0.4, 0.5) is 11.4 Å². The Labute approximate surface area is 99.6 Å². The maximum absolute atomic E-state index is 10.7. The zero-order valence-electron chi connectivity index (χ0n) is 9.80. The Kier molecular flexibility index (Phi) is 4.43. The highest BCUT2D eigenvalue weighted by Crippen LogP contribution is 2.23. The Bertz CT molecular complexity index is 453. The van der Waals surface area contributed by atoms with E-state index >= 15 is 0 Å². The Morgan fingerprint density at radius 3 is 2.82 bits per heavy atom. The van der Waals surface area contributed by atoms with Gasteiger partial charge in [-0.3, -0.25) is 10.1 Å². The number of likely N-dealkylation sites (N-methyl/N-ethyl adjacent to an activating group) is 2. The third-order valence-corrected chi connectivity index (χ3v) is 2.44. The van der Waals surface area contributed by atoms with Gasteiger partial charge in [-0.05, 0) is 19.2 Å². The molecule has 0 aliphatic heterocycles. The van der Waals surface area contributed by atoms with Crippen LogP contribution in [0.3, 0.4) is 0 Å². The van der Waals surface area contributed by atoms with Crippen LogP contribution in [0.15, 0.2) is 18.2 Å². The summed E-state index contributed by atoms with van der Waals surface area (Å²) in [5.41, 5.74) is 0.726. The van der Waals surface area contributed by atoms with E-state index in [0.717, 1.165) is 18.8 Å². The molecule has 1 rings (SSSR count). The van der Waals surface area contributed by atoms with E-state index in [-0.39, 0.29) is 11.3 Å². The minimum absolute atomic E-state index is 0.0869. The van der Waals surface area contributed by atoms with Crippen LogP contribution in [-0.4, -0.2) is 32.1 Å². The van der Waals surface area contributed by atoms with Gasteiger partial charge in [0.15, 0.2) is 0 Å². The van der Waals surface area contributed by atoms with Crippen molar-refractivity contribution in [3.8, 4) is 6.07 Å². The number of hydrogen-bond donors (Lipinski definition) is 1. The molecule has 17 heavy (non-hydrogen) atoms. The lowest BCUT2D eigenvalue weighted by Crippen LogP contribution is -2.27. The van der Waals surface area contributed by atoms with E-state index in [2.05, 4.69) is 5.32 Å². The maximum atomic E-state index is 10.7. The van der Waals surface area contributed by atoms with Gasteiger partial charge in [-0.2, -0.15) is 5.26 Å². The van der Waals surface area contributed by atoms with Gasteiger partial charge in [-0.15, -0.1) is 0 Å². The minimum Gasteiger partial charge on any atom is -0.373 e. The van der Waals surface area contributed by atoms with E-state index in [0.29, 0.717) is 0 Å². The first-order valence-electron chi connectivity index (χ1n) is 5.14. The van der Waals surface area contributed by atoms with E-state index in [1.165, 1.54) is 12.1 Å². The molecule has 0 heterocycles. The first-order valence-corrected chi connectivity index (χ1v) is 5.14. The number of nitriles is 1. The molecular formula is C11H14N4O2. The van der Waals surface area contributed by atoms with E-state index in [1.54, 1.807) is 6.07 Å². The largest absolute Gasteiger partial charge is 0.373 e. The van der Waals surface area contributed by atoms with Crippen LogP contribution in [0.2, 0.25) is 0 Å². The molecule has 0 aliphatic rings. The monoisotopic (exact) mass is 234 g/mol. The molecule has 0 unspecified atom stereocenters. The smallest absolute Gasteiger partial charge is 0.287 e. The number of rotatable bonds is 5. The molecule has 6 heteroatoms. The summed E-state index contributed by atoms with van der Waals surface area (Å²) < 4.78 is 0. The first-order chi connectivity index (χ1) is 8.10. The molecule has 1 aromatic carbocycles. The minimum atomic E-state index is -0.546. The quantitative estimate of drug-likeness (QED) is 0.609. The highest BCUT2D eigenvalue weighted by Gasteiger charge is 2.14. The molecule has 1 aromatic rings. The van der Waals surface area contributed by atoms with Gasteiger partial charge in [-0.1, -0.05) is 0 Å². The lowest BCUT2D eigenvalue weighted by molar-refractivity contribution is -0.385. The van der Waals surface area contributed by atoms with E-state index < -0.39 is 4.92 Å². The Morgan fingerprint density at radius 2 is 2.29 bits per heavy atom. The second kappa shape index (κ2) is 5.82. The second-order valence-corrected chi connectivity index (χ2v) is 3.60. The molecule has 0 atom stereocenters. The number of nitro benzene ring substituents is 1. The molecule has 6 nitrogen and oxygen atoms in total. The third-order valence-electron chi connectivity index (χ3n) is 2.44. The predicted molar refractivity (Wildman–Crippen MR) is 65.0 cm³/mol. The molecule has 0 aliphatic carbocycles. The summed E-state index contributed by atoms with van der Waals surface area (Å²) in [4.78, 5) is 12.1. The van der Waals surface area contributed by atoms with Crippen molar-refractivity contribution in [2.75, 3.05) is 32.1 Å². The molecule has 1 N–H and O–H groups in total. The van der Waals surface area contributed by atoms with E-state index in [1.807, 2.05) is 25.1 Å². The summed E-state index contributed by atoms with van der Waals surface area (Å²) in [5, 5.41) is 22.5. The van der Waals surface area contributed by atoms with Crippen molar-refractivity contribution in [3.05, 3.63) is 33.9 Å². The fourth-order valence-electron chi connectivity index (χ4n) is 1.42. The van der Waals surface area contributed by atoms with Crippen molar-refractivity contribution in [2.24, 2.45) is 0 Å². The zero-order valence-corrected chi connectivity index (χ0v) is 9.80. The van der Waals surface area contributed by atoms with Crippen LogP contribution >= 0.6 is 0 Å². The topological polar surface area (TPSA) is 82.2 Å². The highest BCUT2D eigenvalue weighted by molar-refractivity contribution is 5.59. The van der Waals surface area contributed by atoms with Crippen LogP contribution in [0.1, 0.15) is 5.56 Å². The molecule has 0 radical (unpaired) electrons. The fourth-order valence-corrected chi connectivity index (χ4v) is 1.42. The van der Waals surface area contributed by atoms with Crippen molar-refractivity contribution in [3.63, 3.8) is 0 Å². The molecule has 0 amide bonds. The normalized spacial score (nSPS) is 9.71. The van der Waals surface area contributed by atoms with Gasteiger partial charge in [0.2, 0.25) is 0 Å². The first kappa shape index (κ1) is 12.9. The van der Waals surface area contributed by atoms with Crippen molar-refractivity contribution >= 4 is 11.4 Å². The summed E-state index contributed by atoms with van der Waals surface area (Å²) in [7, 11) is 3.73. The lowest BCUT2D eigenvalue weighted by Gasteiger charge is -2.19. The Balaban J connectivity index is 2.98. The van der Waals surface area contributed by atoms with Crippen LogP contribution < -0.4 is 10.2 Å². The van der Waals surface area contributed by atoms with Crippen LogP contribution in [0.5, 0.6) is 0 Å². The third kappa shape index (κ3) is 3.16.